The maximum Gasteiger partial charge on any atom is 0.128 e. The highest BCUT2D eigenvalue weighted by molar-refractivity contribution is 6.29. The SMILES string of the molecule is Cn1c(Cl)cnc1CNCCC1=CCCC1. The first kappa shape index (κ1) is 11.7. The van der Waals surface area contributed by atoms with Gasteiger partial charge in [-0.15, -0.1) is 0 Å². The van der Waals surface area contributed by atoms with Crippen molar-refractivity contribution in [2.75, 3.05) is 6.54 Å². The molecule has 0 amide bonds. The van der Waals surface area contributed by atoms with Crippen molar-refractivity contribution in [2.45, 2.75) is 32.2 Å². The molecule has 16 heavy (non-hydrogen) atoms. The standard InChI is InChI=1S/C12H18ClN3/c1-16-11(13)8-15-12(16)9-14-7-6-10-4-2-3-5-10/h4,8,14H,2-3,5-7,9H2,1H3. The van der Waals surface area contributed by atoms with E-state index in [9.17, 15) is 0 Å². The molecule has 0 spiro atoms. The van der Waals surface area contributed by atoms with Gasteiger partial charge in [0.25, 0.3) is 0 Å². The maximum atomic E-state index is 5.91. The summed E-state index contributed by atoms with van der Waals surface area (Å²) in [6.45, 7) is 1.81. The molecule has 0 aromatic carbocycles. The van der Waals surface area contributed by atoms with E-state index in [1.807, 2.05) is 11.6 Å². The topological polar surface area (TPSA) is 29.9 Å². The van der Waals surface area contributed by atoms with Gasteiger partial charge in [0.15, 0.2) is 0 Å². The molecule has 0 unspecified atom stereocenters. The number of nitrogens with zero attached hydrogens (tertiary/aromatic N) is 2. The minimum Gasteiger partial charge on any atom is -0.321 e. The molecule has 0 fully saturated rings. The monoisotopic (exact) mass is 239 g/mol. The lowest BCUT2D eigenvalue weighted by Crippen LogP contribution is -2.17. The Labute approximate surface area is 102 Å². The summed E-state index contributed by atoms with van der Waals surface area (Å²) in [4.78, 5) is 4.24. The van der Waals surface area contributed by atoms with Crippen molar-refractivity contribution in [1.29, 1.82) is 0 Å². The zero-order valence-corrected chi connectivity index (χ0v) is 10.4. The molecule has 0 aliphatic heterocycles. The number of halogens is 1. The van der Waals surface area contributed by atoms with Gasteiger partial charge in [0, 0.05) is 7.05 Å². The van der Waals surface area contributed by atoms with Crippen molar-refractivity contribution in [3.63, 3.8) is 0 Å². The fourth-order valence-electron chi connectivity index (χ4n) is 2.00. The molecule has 0 bridgehead atoms. The van der Waals surface area contributed by atoms with Crippen LogP contribution in [0.25, 0.3) is 0 Å². The highest BCUT2D eigenvalue weighted by Crippen LogP contribution is 2.19. The predicted octanol–water partition coefficient (Wildman–Crippen LogP) is 2.66. The van der Waals surface area contributed by atoms with Crippen LogP contribution < -0.4 is 5.32 Å². The van der Waals surface area contributed by atoms with Crippen LogP contribution in [0.5, 0.6) is 0 Å². The Morgan fingerprint density at radius 2 is 2.44 bits per heavy atom. The fourth-order valence-corrected chi connectivity index (χ4v) is 2.15. The van der Waals surface area contributed by atoms with Gasteiger partial charge in [-0.25, -0.2) is 4.98 Å². The Hall–Kier alpha value is -0.800. The molecule has 88 valence electrons. The Morgan fingerprint density at radius 3 is 3.06 bits per heavy atom. The van der Waals surface area contributed by atoms with Crippen molar-refractivity contribution in [3.05, 3.63) is 28.8 Å². The molecule has 0 radical (unpaired) electrons. The third-order valence-electron chi connectivity index (χ3n) is 3.07. The second-order valence-corrected chi connectivity index (χ2v) is 4.62. The molecular formula is C12H18ClN3. The van der Waals surface area contributed by atoms with Gasteiger partial charge >= 0.3 is 0 Å². The highest BCUT2D eigenvalue weighted by atomic mass is 35.5. The van der Waals surface area contributed by atoms with Crippen molar-refractivity contribution >= 4 is 11.6 Å². The number of hydrogen-bond donors (Lipinski definition) is 1. The smallest absolute Gasteiger partial charge is 0.128 e. The van der Waals surface area contributed by atoms with Crippen LogP contribution in [0.15, 0.2) is 17.8 Å². The number of imidazole rings is 1. The molecular weight excluding hydrogens is 222 g/mol. The highest BCUT2D eigenvalue weighted by Gasteiger charge is 2.05. The van der Waals surface area contributed by atoms with E-state index in [1.165, 1.54) is 19.3 Å². The average molecular weight is 240 g/mol. The molecule has 2 rings (SSSR count). The lowest BCUT2D eigenvalue weighted by atomic mass is 10.2. The zero-order chi connectivity index (χ0) is 11.4. The Bertz CT molecular complexity index is 382. The quantitative estimate of drug-likeness (QED) is 0.633. The van der Waals surface area contributed by atoms with Crippen LogP contribution in [-0.2, 0) is 13.6 Å². The van der Waals surface area contributed by atoms with Crippen LogP contribution in [0.4, 0.5) is 0 Å². The van der Waals surface area contributed by atoms with Gasteiger partial charge in [-0.1, -0.05) is 23.3 Å². The summed E-state index contributed by atoms with van der Waals surface area (Å²) in [5.74, 6) is 0.991. The molecule has 0 saturated heterocycles. The molecule has 4 heteroatoms. The number of rotatable bonds is 5. The summed E-state index contributed by atoms with van der Waals surface area (Å²) in [6.07, 6.45) is 9.13. The lowest BCUT2D eigenvalue weighted by Gasteiger charge is -2.05. The van der Waals surface area contributed by atoms with Crippen LogP contribution in [-0.4, -0.2) is 16.1 Å². The van der Waals surface area contributed by atoms with Crippen LogP contribution in [0, 0.1) is 0 Å². The summed E-state index contributed by atoms with van der Waals surface area (Å²) in [5, 5.41) is 4.09. The van der Waals surface area contributed by atoms with Crippen molar-refractivity contribution < 1.29 is 0 Å². The first-order valence-electron chi connectivity index (χ1n) is 5.82. The summed E-state index contributed by atoms with van der Waals surface area (Å²) in [7, 11) is 1.94. The molecule has 0 saturated carbocycles. The molecule has 1 aliphatic carbocycles. The van der Waals surface area contributed by atoms with Gasteiger partial charge in [-0.3, -0.25) is 0 Å². The van der Waals surface area contributed by atoms with Crippen LogP contribution in [0.1, 0.15) is 31.5 Å². The van der Waals surface area contributed by atoms with Gasteiger partial charge < -0.3 is 9.88 Å². The van der Waals surface area contributed by atoms with Gasteiger partial charge in [0.05, 0.1) is 12.7 Å². The van der Waals surface area contributed by atoms with E-state index in [4.69, 9.17) is 11.6 Å². The summed E-state index contributed by atoms with van der Waals surface area (Å²) >= 11 is 5.91. The largest absolute Gasteiger partial charge is 0.321 e. The Balaban J connectivity index is 1.70. The van der Waals surface area contributed by atoms with Crippen LogP contribution >= 0.6 is 11.6 Å². The van der Waals surface area contributed by atoms with E-state index in [0.29, 0.717) is 5.15 Å². The maximum absolute atomic E-state index is 5.91. The van der Waals surface area contributed by atoms with Crippen molar-refractivity contribution in [3.8, 4) is 0 Å². The second-order valence-electron chi connectivity index (χ2n) is 4.24. The zero-order valence-electron chi connectivity index (χ0n) is 9.67. The fraction of sp³-hybridized carbons (Fsp3) is 0.583. The second kappa shape index (κ2) is 5.51. The summed E-state index contributed by atoms with van der Waals surface area (Å²) < 4.78 is 1.91. The third-order valence-corrected chi connectivity index (χ3v) is 3.42. The molecule has 1 aromatic heterocycles. The first-order chi connectivity index (χ1) is 7.77. The minimum atomic E-state index is 0.690. The van der Waals surface area contributed by atoms with Crippen molar-refractivity contribution in [1.82, 2.24) is 14.9 Å². The Kier molecular flexibility index (Phi) is 4.02. The van der Waals surface area contributed by atoms with E-state index in [0.717, 1.165) is 25.3 Å². The first-order valence-corrected chi connectivity index (χ1v) is 6.20. The molecule has 1 aliphatic rings. The number of allylic oxidation sites excluding steroid dienone is 1. The van der Waals surface area contributed by atoms with E-state index >= 15 is 0 Å². The van der Waals surface area contributed by atoms with E-state index in [1.54, 1.807) is 11.8 Å². The van der Waals surface area contributed by atoms with Crippen LogP contribution in [0.2, 0.25) is 5.15 Å². The number of hydrogen-bond acceptors (Lipinski definition) is 2. The van der Waals surface area contributed by atoms with Gasteiger partial charge in [0.2, 0.25) is 0 Å². The van der Waals surface area contributed by atoms with E-state index in [2.05, 4.69) is 16.4 Å². The predicted molar refractivity (Wildman–Crippen MR) is 66.5 cm³/mol. The van der Waals surface area contributed by atoms with Gasteiger partial charge in [-0.2, -0.15) is 0 Å². The average Bonchev–Trinajstić information content (AvgIpc) is 2.88. The summed E-state index contributed by atoms with van der Waals surface area (Å²) in [5.41, 5.74) is 1.60. The molecule has 1 heterocycles. The lowest BCUT2D eigenvalue weighted by molar-refractivity contribution is 0.632. The third kappa shape index (κ3) is 2.86. The van der Waals surface area contributed by atoms with E-state index in [-0.39, 0.29) is 0 Å². The minimum absolute atomic E-state index is 0.690. The molecule has 3 nitrogen and oxygen atoms in total. The molecule has 1 N–H and O–H groups in total. The Morgan fingerprint density at radius 1 is 1.56 bits per heavy atom. The van der Waals surface area contributed by atoms with Crippen molar-refractivity contribution in [2.24, 2.45) is 7.05 Å². The molecule has 0 atom stereocenters. The van der Waals surface area contributed by atoms with E-state index < -0.39 is 0 Å². The van der Waals surface area contributed by atoms with Gasteiger partial charge in [-0.05, 0) is 32.2 Å². The number of aromatic nitrogens is 2. The van der Waals surface area contributed by atoms with Crippen LogP contribution in [0.3, 0.4) is 0 Å². The number of nitrogens with one attached hydrogen (secondary N) is 1. The van der Waals surface area contributed by atoms with Gasteiger partial charge in [0.1, 0.15) is 11.0 Å². The molecule has 1 aromatic rings. The normalized spacial score (nSPS) is 15.5. The summed E-state index contributed by atoms with van der Waals surface area (Å²) in [6, 6.07) is 0.